The molecule has 0 aliphatic heterocycles. The minimum atomic E-state index is -0.142. The Morgan fingerprint density at radius 2 is 2.29 bits per heavy atom. The SMILES string of the molecule is Cc1nnsc1C(=O)NCc1ccnc(-c2cccs2)c1. The molecule has 3 aromatic heterocycles. The van der Waals surface area contributed by atoms with Crippen molar-refractivity contribution in [3.05, 3.63) is 52.0 Å². The van der Waals surface area contributed by atoms with Gasteiger partial charge in [0.15, 0.2) is 0 Å². The molecule has 5 nitrogen and oxygen atoms in total. The van der Waals surface area contributed by atoms with Gasteiger partial charge in [-0.25, -0.2) is 0 Å². The van der Waals surface area contributed by atoms with E-state index in [2.05, 4.69) is 19.9 Å². The molecule has 21 heavy (non-hydrogen) atoms. The molecule has 0 aliphatic carbocycles. The van der Waals surface area contributed by atoms with Crippen molar-refractivity contribution in [2.45, 2.75) is 13.5 Å². The molecule has 3 heterocycles. The van der Waals surface area contributed by atoms with Crippen LogP contribution in [0.1, 0.15) is 20.9 Å². The number of rotatable bonds is 4. The van der Waals surface area contributed by atoms with Crippen LogP contribution < -0.4 is 5.32 Å². The summed E-state index contributed by atoms with van der Waals surface area (Å²) in [5.41, 5.74) is 2.59. The van der Waals surface area contributed by atoms with Crippen molar-refractivity contribution in [1.29, 1.82) is 0 Å². The van der Waals surface area contributed by atoms with Gasteiger partial charge < -0.3 is 5.32 Å². The highest BCUT2D eigenvalue weighted by Crippen LogP contribution is 2.23. The fraction of sp³-hybridized carbons (Fsp3) is 0.143. The highest BCUT2D eigenvalue weighted by Gasteiger charge is 2.12. The van der Waals surface area contributed by atoms with Crippen LogP contribution in [-0.4, -0.2) is 20.5 Å². The second kappa shape index (κ2) is 6.11. The summed E-state index contributed by atoms with van der Waals surface area (Å²) in [5, 5.41) is 8.74. The van der Waals surface area contributed by atoms with Gasteiger partial charge >= 0.3 is 0 Å². The van der Waals surface area contributed by atoms with E-state index >= 15 is 0 Å². The zero-order chi connectivity index (χ0) is 14.7. The van der Waals surface area contributed by atoms with Gasteiger partial charge in [-0.3, -0.25) is 9.78 Å². The average Bonchev–Trinajstić information content (AvgIpc) is 3.16. The Morgan fingerprint density at radius 3 is 3.00 bits per heavy atom. The van der Waals surface area contributed by atoms with Gasteiger partial charge in [0, 0.05) is 12.7 Å². The lowest BCUT2D eigenvalue weighted by molar-refractivity contribution is 0.0954. The molecule has 0 saturated heterocycles. The average molecular weight is 316 g/mol. The van der Waals surface area contributed by atoms with Gasteiger partial charge in [0.05, 0.1) is 16.3 Å². The largest absolute Gasteiger partial charge is 0.347 e. The molecule has 0 aromatic carbocycles. The first-order valence-electron chi connectivity index (χ1n) is 6.30. The Bertz CT molecular complexity index is 752. The smallest absolute Gasteiger partial charge is 0.265 e. The van der Waals surface area contributed by atoms with Gasteiger partial charge in [-0.2, -0.15) is 0 Å². The maximum Gasteiger partial charge on any atom is 0.265 e. The van der Waals surface area contributed by atoms with E-state index in [-0.39, 0.29) is 5.91 Å². The lowest BCUT2D eigenvalue weighted by Gasteiger charge is -2.05. The summed E-state index contributed by atoms with van der Waals surface area (Å²) < 4.78 is 3.77. The van der Waals surface area contributed by atoms with Crippen molar-refractivity contribution >= 4 is 28.8 Å². The highest BCUT2D eigenvalue weighted by molar-refractivity contribution is 7.13. The second-order valence-corrected chi connectivity index (χ2v) is 6.10. The first-order valence-corrected chi connectivity index (χ1v) is 7.95. The van der Waals surface area contributed by atoms with E-state index in [4.69, 9.17) is 0 Å². The quantitative estimate of drug-likeness (QED) is 0.803. The Kier molecular flexibility index (Phi) is 4.03. The van der Waals surface area contributed by atoms with Crippen molar-refractivity contribution in [3.8, 4) is 10.6 Å². The molecule has 7 heteroatoms. The van der Waals surface area contributed by atoms with Gasteiger partial charge in [0.2, 0.25) is 0 Å². The third kappa shape index (κ3) is 3.14. The summed E-state index contributed by atoms with van der Waals surface area (Å²) in [7, 11) is 0. The van der Waals surface area contributed by atoms with Crippen molar-refractivity contribution in [3.63, 3.8) is 0 Å². The van der Waals surface area contributed by atoms with Gasteiger partial charge in [0.1, 0.15) is 4.88 Å². The minimum Gasteiger partial charge on any atom is -0.347 e. The molecule has 0 aliphatic rings. The number of carbonyl (C=O) groups excluding carboxylic acids is 1. The summed E-state index contributed by atoms with van der Waals surface area (Å²) >= 11 is 2.75. The highest BCUT2D eigenvalue weighted by atomic mass is 32.1. The fourth-order valence-electron chi connectivity index (χ4n) is 1.85. The maximum atomic E-state index is 12.0. The molecule has 0 radical (unpaired) electrons. The van der Waals surface area contributed by atoms with Crippen molar-refractivity contribution < 1.29 is 4.79 Å². The molecular formula is C14H12N4OS2. The molecule has 0 saturated carbocycles. The number of pyridine rings is 1. The first kappa shape index (κ1) is 13.8. The number of nitrogens with zero attached hydrogens (tertiary/aromatic N) is 3. The van der Waals surface area contributed by atoms with Crippen LogP contribution in [-0.2, 0) is 6.54 Å². The van der Waals surface area contributed by atoms with Crippen LogP contribution in [0, 0.1) is 6.92 Å². The van der Waals surface area contributed by atoms with Crippen LogP contribution in [0.15, 0.2) is 35.8 Å². The Morgan fingerprint density at radius 1 is 1.38 bits per heavy atom. The zero-order valence-electron chi connectivity index (χ0n) is 11.2. The maximum absolute atomic E-state index is 12.0. The summed E-state index contributed by atoms with van der Waals surface area (Å²) in [4.78, 5) is 18.0. The van der Waals surface area contributed by atoms with E-state index in [1.54, 1.807) is 24.5 Å². The zero-order valence-corrected chi connectivity index (χ0v) is 12.9. The number of aryl methyl sites for hydroxylation is 1. The van der Waals surface area contributed by atoms with E-state index in [1.807, 2.05) is 29.6 Å². The topological polar surface area (TPSA) is 67.8 Å². The number of amides is 1. The summed E-state index contributed by atoms with van der Waals surface area (Å²) in [6, 6.07) is 7.91. The van der Waals surface area contributed by atoms with Crippen LogP contribution in [0.2, 0.25) is 0 Å². The number of hydrogen-bond acceptors (Lipinski definition) is 6. The second-order valence-electron chi connectivity index (χ2n) is 4.40. The Hall–Kier alpha value is -2.12. The molecule has 0 bridgehead atoms. The van der Waals surface area contributed by atoms with Crippen LogP contribution in [0.5, 0.6) is 0 Å². The Labute approximate surface area is 129 Å². The van der Waals surface area contributed by atoms with E-state index in [0.717, 1.165) is 27.7 Å². The van der Waals surface area contributed by atoms with Crippen molar-refractivity contribution in [2.75, 3.05) is 0 Å². The third-order valence-corrected chi connectivity index (χ3v) is 4.63. The van der Waals surface area contributed by atoms with Crippen LogP contribution in [0.25, 0.3) is 10.6 Å². The van der Waals surface area contributed by atoms with Gasteiger partial charge in [-0.15, -0.1) is 16.4 Å². The monoisotopic (exact) mass is 316 g/mol. The predicted octanol–water partition coefficient (Wildman–Crippen LogP) is 2.90. The molecule has 1 N–H and O–H groups in total. The van der Waals surface area contributed by atoms with E-state index in [0.29, 0.717) is 17.1 Å². The molecule has 0 atom stereocenters. The van der Waals surface area contributed by atoms with Crippen molar-refractivity contribution in [1.82, 2.24) is 19.9 Å². The lowest BCUT2D eigenvalue weighted by Crippen LogP contribution is -2.22. The molecule has 106 valence electrons. The minimum absolute atomic E-state index is 0.142. The number of thiophene rings is 1. The van der Waals surface area contributed by atoms with Gasteiger partial charge in [0.25, 0.3) is 5.91 Å². The van der Waals surface area contributed by atoms with E-state index in [1.165, 1.54) is 0 Å². The standard InChI is InChI=1S/C14H12N4OS2/c1-9-13(21-18-17-9)14(19)16-8-10-4-5-15-11(7-10)12-3-2-6-20-12/h2-7H,8H2,1H3,(H,16,19). The molecule has 0 fully saturated rings. The third-order valence-electron chi connectivity index (χ3n) is 2.91. The number of carbonyl (C=O) groups is 1. The molecule has 3 rings (SSSR count). The lowest BCUT2D eigenvalue weighted by atomic mass is 10.2. The number of nitrogens with one attached hydrogen (secondary N) is 1. The molecule has 0 unspecified atom stereocenters. The van der Waals surface area contributed by atoms with Crippen molar-refractivity contribution in [2.24, 2.45) is 0 Å². The van der Waals surface area contributed by atoms with Crippen LogP contribution >= 0.6 is 22.9 Å². The number of hydrogen-bond donors (Lipinski definition) is 1. The normalized spacial score (nSPS) is 10.5. The molecular weight excluding hydrogens is 304 g/mol. The van der Waals surface area contributed by atoms with E-state index < -0.39 is 0 Å². The molecule has 1 amide bonds. The number of aromatic nitrogens is 3. The summed E-state index contributed by atoms with van der Waals surface area (Å²) in [6.45, 7) is 2.23. The summed E-state index contributed by atoms with van der Waals surface area (Å²) in [5.74, 6) is -0.142. The summed E-state index contributed by atoms with van der Waals surface area (Å²) in [6.07, 6.45) is 1.76. The fourth-order valence-corrected chi connectivity index (χ4v) is 3.11. The van der Waals surface area contributed by atoms with Gasteiger partial charge in [-0.05, 0) is 47.6 Å². The van der Waals surface area contributed by atoms with Crippen LogP contribution in [0.4, 0.5) is 0 Å². The Balaban J connectivity index is 1.70. The molecule has 0 spiro atoms. The molecule has 3 aromatic rings. The first-order chi connectivity index (χ1) is 10.2. The van der Waals surface area contributed by atoms with Crippen LogP contribution in [0.3, 0.4) is 0 Å². The van der Waals surface area contributed by atoms with E-state index in [9.17, 15) is 4.79 Å². The predicted molar refractivity (Wildman–Crippen MR) is 83.4 cm³/mol. The van der Waals surface area contributed by atoms with Gasteiger partial charge in [-0.1, -0.05) is 10.6 Å².